The molecule has 17 heavy (non-hydrogen) atoms. The van der Waals surface area contributed by atoms with Gasteiger partial charge in [0.1, 0.15) is 0 Å². The molecule has 1 aromatic carbocycles. The number of aliphatic hydroxyl groups excluding tert-OH is 1. The SMILES string of the molecule is C=CCCCC(O)c1ccc2ccccc2n1. The van der Waals surface area contributed by atoms with Crippen molar-refractivity contribution in [1.82, 2.24) is 4.98 Å². The summed E-state index contributed by atoms with van der Waals surface area (Å²) in [6.45, 7) is 3.67. The van der Waals surface area contributed by atoms with Gasteiger partial charge >= 0.3 is 0 Å². The number of unbranched alkanes of at least 4 members (excludes halogenated alkanes) is 1. The highest BCUT2D eigenvalue weighted by atomic mass is 16.3. The van der Waals surface area contributed by atoms with E-state index >= 15 is 0 Å². The molecular weight excluding hydrogens is 210 g/mol. The van der Waals surface area contributed by atoms with Crippen LogP contribution in [0.2, 0.25) is 0 Å². The van der Waals surface area contributed by atoms with Gasteiger partial charge in [-0.1, -0.05) is 30.3 Å². The Kier molecular flexibility index (Phi) is 3.89. The monoisotopic (exact) mass is 227 g/mol. The molecule has 0 aliphatic rings. The Morgan fingerprint density at radius 2 is 2.06 bits per heavy atom. The standard InChI is InChI=1S/C15H17NO/c1-2-3-4-9-15(17)14-11-10-12-7-5-6-8-13(12)16-14/h2,5-8,10-11,15,17H,1,3-4,9H2. The molecule has 2 rings (SSSR count). The quantitative estimate of drug-likeness (QED) is 0.625. The first-order chi connectivity index (χ1) is 8.31. The second-order valence-electron chi connectivity index (χ2n) is 4.16. The molecule has 2 aromatic rings. The average molecular weight is 227 g/mol. The molecule has 2 heteroatoms. The maximum atomic E-state index is 10.0. The van der Waals surface area contributed by atoms with Crippen LogP contribution >= 0.6 is 0 Å². The molecule has 0 amide bonds. The topological polar surface area (TPSA) is 33.1 Å². The number of nitrogens with zero attached hydrogens (tertiary/aromatic N) is 1. The van der Waals surface area contributed by atoms with Crippen LogP contribution in [-0.2, 0) is 0 Å². The molecular formula is C15H17NO. The second kappa shape index (κ2) is 5.60. The van der Waals surface area contributed by atoms with E-state index < -0.39 is 6.10 Å². The van der Waals surface area contributed by atoms with Crippen molar-refractivity contribution in [3.8, 4) is 0 Å². The van der Waals surface area contributed by atoms with Crippen LogP contribution in [0.15, 0.2) is 49.1 Å². The van der Waals surface area contributed by atoms with Crippen molar-refractivity contribution in [2.24, 2.45) is 0 Å². The van der Waals surface area contributed by atoms with Gasteiger partial charge in [0.15, 0.2) is 0 Å². The van der Waals surface area contributed by atoms with Crippen molar-refractivity contribution >= 4 is 10.9 Å². The van der Waals surface area contributed by atoms with Gasteiger partial charge in [-0.15, -0.1) is 6.58 Å². The van der Waals surface area contributed by atoms with Gasteiger partial charge in [-0.25, -0.2) is 0 Å². The van der Waals surface area contributed by atoms with Crippen molar-refractivity contribution in [2.45, 2.75) is 25.4 Å². The summed E-state index contributed by atoms with van der Waals surface area (Å²) in [5, 5.41) is 11.1. The number of rotatable bonds is 5. The smallest absolute Gasteiger partial charge is 0.0960 e. The number of benzene rings is 1. The van der Waals surface area contributed by atoms with Gasteiger partial charge in [-0.2, -0.15) is 0 Å². The Balaban J connectivity index is 2.15. The fraction of sp³-hybridized carbons (Fsp3) is 0.267. The van der Waals surface area contributed by atoms with Crippen LogP contribution in [0.3, 0.4) is 0 Å². The van der Waals surface area contributed by atoms with E-state index in [0.29, 0.717) is 0 Å². The number of pyridine rings is 1. The van der Waals surface area contributed by atoms with Gasteiger partial charge in [0.05, 0.1) is 17.3 Å². The molecule has 1 N–H and O–H groups in total. The largest absolute Gasteiger partial charge is 0.387 e. The third-order valence-corrected chi connectivity index (χ3v) is 2.85. The molecule has 0 aliphatic carbocycles. The van der Waals surface area contributed by atoms with Crippen LogP contribution in [-0.4, -0.2) is 10.1 Å². The lowest BCUT2D eigenvalue weighted by Crippen LogP contribution is -2.00. The van der Waals surface area contributed by atoms with E-state index in [1.165, 1.54) is 0 Å². The zero-order chi connectivity index (χ0) is 12.1. The van der Waals surface area contributed by atoms with Gasteiger partial charge in [-0.05, 0) is 31.4 Å². The summed E-state index contributed by atoms with van der Waals surface area (Å²) < 4.78 is 0. The van der Waals surface area contributed by atoms with Gasteiger partial charge in [-0.3, -0.25) is 4.98 Å². The summed E-state index contributed by atoms with van der Waals surface area (Å²) in [7, 11) is 0. The number of aromatic nitrogens is 1. The van der Waals surface area contributed by atoms with Crippen LogP contribution in [0, 0.1) is 0 Å². The predicted octanol–water partition coefficient (Wildman–Crippen LogP) is 3.62. The van der Waals surface area contributed by atoms with Gasteiger partial charge < -0.3 is 5.11 Å². The maximum absolute atomic E-state index is 10.0. The average Bonchev–Trinajstić information content (AvgIpc) is 2.38. The minimum atomic E-state index is -0.473. The first-order valence-electron chi connectivity index (χ1n) is 5.96. The normalized spacial score (nSPS) is 12.5. The fourth-order valence-corrected chi connectivity index (χ4v) is 1.87. The Morgan fingerprint density at radius 3 is 2.88 bits per heavy atom. The third-order valence-electron chi connectivity index (χ3n) is 2.85. The molecule has 0 bridgehead atoms. The van der Waals surface area contributed by atoms with E-state index in [0.717, 1.165) is 35.9 Å². The molecule has 0 radical (unpaired) electrons. The molecule has 1 atom stereocenters. The summed E-state index contributed by atoms with van der Waals surface area (Å²) in [6.07, 6.45) is 4.02. The summed E-state index contributed by atoms with van der Waals surface area (Å²) in [5.41, 5.74) is 1.69. The molecule has 1 aromatic heterocycles. The van der Waals surface area contributed by atoms with E-state index in [9.17, 15) is 5.11 Å². The second-order valence-corrected chi connectivity index (χ2v) is 4.16. The van der Waals surface area contributed by atoms with Crippen molar-refractivity contribution in [3.05, 3.63) is 54.7 Å². The fourth-order valence-electron chi connectivity index (χ4n) is 1.87. The Labute approximate surface area is 102 Å². The number of aliphatic hydroxyl groups is 1. The zero-order valence-corrected chi connectivity index (χ0v) is 9.84. The number of allylic oxidation sites excluding steroid dienone is 1. The number of fused-ring (bicyclic) bond motifs is 1. The zero-order valence-electron chi connectivity index (χ0n) is 9.84. The van der Waals surface area contributed by atoms with E-state index in [4.69, 9.17) is 0 Å². The van der Waals surface area contributed by atoms with Crippen molar-refractivity contribution in [3.63, 3.8) is 0 Å². The van der Waals surface area contributed by atoms with Gasteiger partial charge in [0, 0.05) is 5.39 Å². The highest BCUT2D eigenvalue weighted by Gasteiger charge is 2.08. The lowest BCUT2D eigenvalue weighted by molar-refractivity contribution is 0.160. The highest BCUT2D eigenvalue weighted by Crippen LogP contribution is 2.20. The van der Waals surface area contributed by atoms with Crippen LogP contribution < -0.4 is 0 Å². The molecule has 2 nitrogen and oxygen atoms in total. The van der Waals surface area contributed by atoms with Crippen LogP contribution in [0.5, 0.6) is 0 Å². The van der Waals surface area contributed by atoms with Crippen molar-refractivity contribution in [2.75, 3.05) is 0 Å². The Bertz CT molecular complexity index is 507. The van der Waals surface area contributed by atoms with Crippen LogP contribution in [0.1, 0.15) is 31.1 Å². The Morgan fingerprint density at radius 1 is 1.24 bits per heavy atom. The molecule has 0 saturated heterocycles. The molecule has 0 aliphatic heterocycles. The van der Waals surface area contributed by atoms with E-state index in [1.54, 1.807) is 0 Å². The molecule has 0 fully saturated rings. The summed E-state index contributed by atoms with van der Waals surface area (Å²) in [6, 6.07) is 11.9. The lowest BCUT2D eigenvalue weighted by atomic mass is 10.1. The predicted molar refractivity (Wildman–Crippen MR) is 70.8 cm³/mol. The number of hydrogen-bond acceptors (Lipinski definition) is 2. The minimum absolute atomic E-state index is 0.473. The van der Waals surface area contributed by atoms with Crippen LogP contribution in [0.4, 0.5) is 0 Å². The third kappa shape index (κ3) is 2.92. The molecule has 0 saturated carbocycles. The van der Waals surface area contributed by atoms with Crippen molar-refractivity contribution < 1.29 is 5.11 Å². The molecule has 1 unspecified atom stereocenters. The van der Waals surface area contributed by atoms with E-state index in [-0.39, 0.29) is 0 Å². The minimum Gasteiger partial charge on any atom is -0.387 e. The van der Waals surface area contributed by atoms with E-state index in [2.05, 4.69) is 11.6 Å². The van der Waals surface area contributed by atoms with Crippen molar-refractivity contribution in [1.29, 1.82) is 0 Å². The molecule has 1 heterocycles. The highest BCUT2D eigenvalue weighted by molar-refractivity contribution is 5.78. The molecule has 88 valence electrons. The van der Waals surface area contributed by atoms with Crippen LogP contribution in [0.25, 0.3) is 10.9 Å². The first-order valence-corrected chi connectivity index (χ1v) is 5.96. The summed E-state index contributed by atoms with van der Waals surface area (Å²) >= 11 is 0. The first kappa shape index (κ1) is 11.8. The molecule has 0 spiro atoms. The maximum Gasteiger partial charge on any atom is 0.0960 e. The van der Waals surface area contributed by atoms with Gasteiger partial charge in [0.25, 0.3) is 0 Å². The Hall–Kier alpha value is -1.67. The summed E-state index contributed by atoms with van der Waals surface area (Å²) in [4.78, 5) is 4.48. The van der Waals surface area contributed by atoms with E-state index in [1.807, 2.05) is 42.5 Å². The number of para-hydroxylation sites is 1. The number of hydrogen-bond donors (Lipinski definition) is 1. The lowest BCUT2D eigenvalue weighted by Gasteiger charge is -2.10. The summed E-state index contributed by atoms with van der Waals surface area (Å²) in [5.74, 6) is 0. The van der Waals surface area contributed by atoms with Gasteiger partial charge in [0.2, 0.25) is 0 Å².